The Labute approximate surface area is 324 Å². The molecule has 0 aliphatic carbocycles. The molecule has 3 aromatic heterocycles. The van der Waals surface area contributed by atoms with Crippen molar-refractivity contribution < 1.29 is 45.6 Å². The summed E-state index contributed by atoms with van der Waals surface area (Å²) in [6, 6.07) is 17.9. The predicted octanol–water partition coefficient (Wildman–Crippen LogP) is 8.68. The van der Waals surface area contributed by atoms with Crippen LogP contribution in [0.1, 0.15) is 52.7 Å². The molecule has 0 radical (unpaired) electrons. The number of sulfonamides is 1. The molecule has 3 heterocycles. The number of aromatic carboxylic acids is 1. The monoisotopic (exact) mass is 807 g/mol. The van der Waals surface area contributed by atoms with Crippen LogP contribution >= 0.6 is 23.2 Å². The number of nitrogens with zero attached hydrogens (tertiary/aromatic N) is 3. The van der Waals surface area contributed by atoms with E-state index in [1.807, 2.05) is 32.4 Å². The summed E-state index contributed by atoms with van der Waals surface area (Å²) in [5.41, 5.74) is 6.72. The van der Waals surface area contributed by atoms with Gasteiger partial charge in [0.2, 0.25) is 0 Å². The molecule has 0 aliphatic heterocycles. The van der Waals surface area contributed by atoms with Crippen LogP contribution in [0.5, 0.6) is 11.5 Å². The highest BCUT2D eigenvalue weighted by atomic mass is 35.5. The zero-order chi connectivity index (χ0) is 39.7. The Hall–Kier alpha value is -5.38. The van der Waals surface area contributed by atoms with Gasteiger partial charge in [0.05, 0.1) is 35.7 Å². The summed E-state index contributed by atoms with van der Waals surface area (Å²) in [5.74, 6) is -1.88. The second-order valence-electron chi connectivity index (χ2n) is 12.5. The average Bonchev–Trinajstić information content (AvgIpc) is 3.09. The first-order valence-electron chi connectivity index (χ1n) is 16.2. The number of amides is 1. The van der Waals surface area contributed by atoms with Crippen molar-refractivity contribution in [3.05, 3.63) is 112 Å². The molecule has 0 saturated carbocycles. The molecule has 0 fully saturated rings. The Balaban J connectivity index is 0.000000575. The van der Waals surface area contributed by atoms with Crippen molar-refractivity contribution in [1.29, 1.82) is 0 Å². The van der Waals surface area contributed by atoms with Gasteiger partial charge in [-0.3, -0.25) is 4.79 Å². The summed E-state index contributed by atoms with van der Waals surface area (Å²) < 4.78 is 65.5. The van der Waals surface area contributed by atoms with Crippen molar-refractivity contribution in [3.8, 4) is 34.0 Å². The number of nitrogens with one attached hydrogen (secondary N) is 1. The highest BCUT2D eigenvalue weighted by Crippen LogP contribution is 2.29. The van der Waals surface area contributed by atoms with Crippen LogP contribution in [-0.2, 0) is 10.0 Å². The van der Waals surface area contributed by atoms with E-state index >= 15 is 0 Å². The number of aromatic nitrogens is 3. The largest absolute Gasteiger partial charge is 0.493 e. The molecule has 290 valence electrons. The molecular formula is C37H41Cl2F2N5O7S. The number of carbonyl (C=O) groups excluding carboxylic acids is 1. The van der Waals surface area contributed by atoms with Gasteiger partial charge in [-0.05, 0) is 72.5 Å². The zero-order valence-corrected chi connectivity index (χ0v) is 31.6. The van der Waals surface area contributed by atoms with Crippen molar-refractivity contribution in [3.63, 3.8) is 0 Å². The number of pyridine rings is 3. The first kappa shape index (κ1) is 41.4. The van der Waals surface area contributed by atoms with Gasteiger partial charge >= 0.3 is 5.97 Å². The number of nitrogen functional groups attached to an aromatic ring is 1. The van der Waals surface area contributed by atoms with Gasteiger partial charge < -0.3 is 20.3 Å². The molecule has 5 rings (SSSR count). The third-order valence-corrected chi connectivity index (χ3v) is 8.73. The van der Waals surface area contributed by atoms with Crippen LogP contribution in [-0.4, -0.2) is 53.6 Å². The van der Waals surface area contributed by atoms with Crippen molar-refractivity contribution in [1.82, 2.24) is 19.7 Å². The van der Waals surface area contributed by atoms with Crippen molar-refractivity contribution in [2.75, 3.05) is 18.9 Å². The van der Waals surface area contributed by atoms with Gasteiger partial charge in [-0.25, -0.2) is 33.2 Å². The number of hydrogen-bond acceptors (Lipinski definition) is 10. The van der Waals surface area contributed by atoms with E-state index in [-0.39, 0.29) is 43.1 Å². The van der Waals surface area contributed by atoms with E-state index < -0.39 is 38.6 Å². The number of halogens is 4. The van der Waals surface area contributed by atoms with Gasteiger partial charge in [-0.2, -0.15) is 8.42 Å². The minimum absolute atomic E-state index is 0. The normalized spacial score (nSPS) is 11.1. The van der Waals surface area contributed by atoms with Gasteiger partial charge in [0.25, 0.3) is 15.9 Å². The Morgan fingerprint density at radius 3 is 1.69 bits per heavy atom. The van der Waals surface area contributed by atoms with Crippen molar-refractivity contribution in [2.24, 2.45) is 11.8 Å². The second-order valence-corrected chi connectivity index (χ2v) is 14.8. The topological polar surface area (TPSA) is 184 Å². The number of rotatable bonds is 12. The highest BCUT2D eigenvalue weighted by Gasteiger charge is 2.23. The standard InChI is InChI=1S/C21H20ClFN4O4S.C16H15ClFNO3.3H2/c1-12(2)11-31-15-9-13(8-14(23)10-15)17-7-6-16(20(22)25-17)21(28)27-32(29,30)19-5-3-4-18(24)26-19;1-9(2)8-22-12-6-10(5-11(18)7-12)14-4-3-13(16(20)21)15(17)19-14;;;/h3-10,12H,11H2,1-2H3,(H2,24,26)(H,27,28);3-7,9H,8H2,1-2H3,(H,20,21);3*1H. The number of carboxylic acids is 1. The molecule has 54 heavy (non-hydrogen) atoms. The SMILES string of the molecule is CC(C)COc1cc(F)cc(-c2ccc(C(=O)NS(=O)(=O)c3cccc(N)n3)c(Cl)n2)c1.CC(C)COc1cc(F)cc(-c2ccc(C(=O)O)c(Cl)n2)c1.[HH].[HH].[HH]. The first-order valence-corrected chi connectivity index (χ1v) is 18.4. The molecule has 2 aromatic carbocycles. The Kier molecular flexibility index (Phi) is 13.9. The van der Waals surface area contributed by atoms with Crippen LogP contribution in [0, 0.1) is 23.5 Å². The van der Waals surface area contributed by atoms with E-state index in [9.17, 15) is 26.8 Å². The summed E-state index contributed by atoms with van der Waals surface area (Å²) in [7, 11) is -4.28. The van der Waals surface area contributed by atoms with Crippen molar-refractivity contribution >= 4 is 50.9 Å². The smallest absolute Gasteiger partial charge is 0.338 e. The summed E-state index contributed by atoms with van der Waals surface area (Å²) in [5, 5.41) is 8.12. The molecule has 0 unspecified atom stereocenters. The molecule has 0 aliphatic rings. The van der Waals surface area contributed by atoms with Crippen LogP contribution in [0.4, 0.5) is 14.6 Å². The molecule has 5 aromatic rings. The third-order valence-electron chi connectivity index (χ3n) is 6.92. The molecule has 17 heteroatoms. The first-order chi connectivity index (χ1) is 25.4. The van der Waals surface area contributed by atoms with Gasteiger partial charge in [-0.15, -0.1) is 0 Å². The number of ether oxygens (including phenoxy) is 2. The molecule has 4 N–H and O–H groups in total. The van der Waals surface area contributed by atoms with E-state index in [0.29, 0.717) is 47.5 Å². The lowest BCUT2D eigenvalue weighted by atomic mass is 10.1. The Bertz CT molecular complexity index is 2300. The van der Waals surface area contributed by atoms with Gasteiger partial charge in [0.15, 0.2) is 5.03 Å². The van der Waals surface area contributed by atoms with Crippen LogP contribution in [0.3, 0.4) is 0 Å². The van der Waals surface area contributed by atoms with Crippen LogP contribution in [0.2, 0.25) is 10.3 Å². The maximum Gasteiger partial charge on any atom is 0.338 e. The fraction of sp³-hybridized carbons (Fsp3) is 0.216. The van der Waals surface area contributed by atoms with Crippen LogP contribution < -0.4 is 19.9 Å². The zero-order valence-electron chi connectivity index (χ0n) is 29.3. The Morgan fingerprint density at radius 1 is 0.778 bits per heavy atom. The maximum absolute atomic E-state index is 14.0. The number of benzene rings is 2. The molecule has 0 spiro atoms. The average molecular weight is 809 g/mol. The molecule has 0 saturated heterocycles. The molecule has 0 atom stereocenters. The lowest BCUT2D eigenvalue weighted by Gasteiger charge is -2.11. The van der Waals surface area contributed by atoms with E-state index in [0.717, 1.165) is 0 Å². The summed E-state index contributed by atoms with van der Waals surface area (Å²) >= 11 is 12.0. The summed E-state index contributed by atoms with van der Waals surface area (Å²) in [4.78, 5) is 35.2. The second kappa shape index (κ2) is 18.1. The minimum Gasteiger partial charge on any atom is -0.493 e. The van der Waals surface area contributed by atoms with Crippen LogP contribution in [0.25, 0.3) is 22.5 Å². The highest BCUT2D eigenvalue weighted by molar-refractivity contribution is 7.90. The Morgan fingerprint density at radius 2 is 1.26 bits per heavy atom. The lowest BCUT2D eigenvalue weighted by Crippen LogP contribution is -2.31. The fourth-order valence-corrected chi connectivity index (χ4v) is 5.86. The third kappa shape index (κ3) is 11.6. The van der Waals surface area contributed by atoms with Gasteiger partial charge in [0.1, 0.15) is 39.3 Å². The van der Waals surface area contributed by atoms with E-state index in [1.165, 1.54) is 66.7 Å². The number of nitrogens with two attached hydrogens (primary N) is 1. The minimum atomic E-state index is -4.28. The van der Waals surface area contributed by atoms with Gasteiger partial charge in [-0.1, -0.05) is 57.0 Å². The number of carboxylic acid groups (broad SMARTS) is 1. The summed E-state index contributed by atoms with van der Waals surface area (Å²) in [6.45, 7) is 8.79. The molecular weight excluding hydrogens is 767 g/mol. The van der Waals surface area contributed by atoms with E-state index in [2.05, 4.69) is 15.0 Å². The van der Waals surface area contributed by atoms with E-state index in [4.69, 9.17) is 43.5 Å². The maximum atomic E-state index is 14.0. The van der Waals surface area contributed by atoms with Gasteiger partial charge in [0, 0.05) is 27.5 Å². The number of carbonyl (C=O) groups is 2. The fourth-order valence-electron chi connectivity index (χ4n) is 4.44. The molecule has 1 amide bonds. The van der Waals surface area contributed by atoms with Crippen molar-refractivity contribution in [2.45, 2.75) is 32.7 Å². The molecule has 0 bridgehead atoms. The predicted molar refractivity (Wildman–Crippen MR) is 207 cm³/mol. The quantitative estimate of drug-likeness (QED) is 0.103. The molecule has 12 nitrogen and oxygen atoms in total. The number of hydrogen-bond donors (Lipinski definition) is 3. The van der Waals surface area contributed by atoms with Crippen LogP contribution in [0.15, 0.2) is 83.9 Å². The summed E-state index contributed by atoms with van der Waals surface area (Å²) in [6.07, 6.45) is 0. The lowest BCUT2D eigenvalue weighted by molar-refractivity contribution is 0.0696. The number of anilines is 1. The van der Waals surface area contributed by atoms with E-state index in [1.54, 1.807) is 12.1 Å².